The summed E-state index contributed by atoms with van der Waals surface area (Å²) in [5, 5.41) is 13.5. The summed E-state index contributed by atoms with van der Waals surface area (Å²) < 4.78 is 0. The van der Waals surface area contributed by atoms with Gasteiger partial charge in [0.1, 0.15) is 18.0 Å². The molecule has 5 rings (SSSR count). The van der Waals surface area contributed by atoms with Crippen molar-refractivity contribution in [3.63, 3.8) is 0 Å². The van der Waals surface area contributed by atoms with Gasteiger partial charge in [0, 0.05) is 6.20 Å². The number of aliphatic carboxylic acids is 1. The lowest BCUT2D eigenvalue weighted by Gasteiger charge is -2.10. The Morgan fingerprint density at radius 1 is 1.10 bits per heavy atom. The third-order valence-electron chi connectivity index (χ3n) is 5.20. The highest BCUT2D eigenvalue weighted by Gasteiger charge is 2.51. The summed E-state index contributed by atoms with van der Waals surface area (Å²) in [5.74, 6) is 0.625. The predicted molar refractivity (Wildman–Crippen MR) is 113 cm³/mol. The number of carboxylic acid groups (broad SMARTS) is 1. The molecule has 150 valence electrons. The van der Waals surface area contributed by atoms with Gasteiger partial charge in [0.2, 0.25) is 0 Å². The molecule has 4 aromatic rings. The van der Waals surface area contributed by atoms with Gasteiger partial charge in [0.25, 0.3) is 0 Å². The van der Waals surface area contributed by atoms with Gasteiger partial charge in [-0.25, -0.2) is 19.9 Å². The second kappa shape index (κ2) is 6.93. The molecular formula is C20H14Cl2N6O2. The fourth-order valence-electron chi connectivity index (χ4n) is 3.39. The van der Waals surface area contributed by atoms with E-state index in [2.05, 4.69) is 30.2 Å². The van der Waals surface area contributed by atoms with Crippen molar-refractivity contribution in [1.29, 1.82) is 0 Å². The predicted octanol–water partition coefficient (Wildman–Crippen LogP) is 4.58. The number of nitrogens with zero attached hydrogens (tertiary/aromatic N) is 4. The van der Waals surface area contributed by atoms with E-state index in [1.807, 2.05) is 0 Å². The largest absolute Gasteiger partial charge is 0.481 e. The molecule has 30 heavy (non-hydrogen) atoms. The molecule has 1 aliphatic carbocycles. The summed E-state index contributed by atoms with van der Waals surface area (Å²) in [5.41, 5.74) is 1.50. The minimum absolute atomic E-state index is 0.449. The SMILES string of the molecule is O=C(O)C1(c2ccc(Nc3ncnc4[nH]c(-c5c(Cl)cccc5Cl)nc34)nc2)CC1. The van der Waals surface area contributed by atoms with Gasteiger partial charge in [0.15, 0.2) is 17.0 Å². The normalized spacial score (nSPS) is 14.6. The molecule has 0 radical (unpaired) electrons. The molecular weight excluding hydrogens is 427 g/mol. The van der Waals surface area contributed by atoms with E-state index in [1.54, 1.807) is 36.5 Å². The highest BCUT2D eigenvalue weighted by atomic mass is 35.5. The van der Waals surface area contributed by atoms with Crippen LogP contribution in [-0.4, -0.2) is 36.0 Å². The molecule has 8 nitrogen and oxygen atoms in total. The fraction of sp³-hybridized carbons (Fsp3) is 0.150. The number of anilines is 2. The molecule has 0 spiro atoms. The second-order valence-corrected chi connectivity index (χ2v) is 7.86. The van der Waals surface area contributed by atoms with Crippen LogP contribution in [0.15, 0.2) is 42.9 Å². The Morgan fingerprint density at radius 2 is 1.87 bits per heavy atom. The molecule has 3 aromatic heterocycles. The van der Waals surface area contributed by atoms with Crippen molar-refractivity contribution in [2.24, 2.45) is 0 Å². The van der Waals surface area contributed by atoms with Crippen LogP contribution >= 0.6 is 23.2 Å². The lowest BCUT2D eigenvalue weighted by Crippen LogP contribution is -2.19. The summed E-state index contributed by atoms with van der Waals surface area (Å²) >= 11 is 12.6. The number of pyridine rings is 1. The number of rotatable bonds is 5. The third-order valence-corrected chi connectivity index (χ3v) is 5.83. The van der Waals surface area contributed by atoms with Crippen molar-refractivity contribution < 1.29 is 9.90 Å². The summed E-state index contributed by atoms with van der Waals surface area (Å²) in [7, 11) is 0. The molecule has 10 heteroatoms. The quantitative estimate of drug-likeness (QED) is 0.415. The summed E-state index contributed by atoms with van der Waals surface area (Å²) in [6, 6.07) is 8.72. The molecule has 3 heterocycles. The van der Waals surface area contributed by atoms with Crippen LogP contribution in [0.25, 0.3) is 22.6 Å². The molecule has 0 bridgehead atoms. The minimum Gasteiger partial charge on any atom is -0.481 e. The maximum atomic E-state index is 11.5. The van der Waals surface area contributed by atoms with Crippen molar-refractivity contribution in [1.82, 2.24) is 24.9 Å². The molecule has 0 aliphatic heterocycles. The zero-order chi connectivity index (χ0) is 20.9. The third kappa shape index (κ3) is 3.05. The molecule has 3 N–H and O–H groups in total. The van der Waals surface area contributed by atoms with Gasteiger partial charge in [-0.15, -0.1) is 0 Å². The van der Waals surface area contributed by atoms with E-state index in [-0.39, 0.29) is 0 Å². The van der Waals surface area contributed by atoms with E-state index >= 15 is 0 Å². The summed E-state index contributed by atoms with van der Waals surface area (Å²) in [6.45, 7) is 0. The number of hydrogen-bond acceptors (Lipinski definition) is 6. The first-order valence-corrected chi connectivity index (χ1v) is 9.85. The van der Waals surface area contributed by atoms with Crippen LogP contribution in [0.5, 0.6) is 0 Å². The summed E-state index contributed by atoms with van der Waals surface area (Å²) in [6.07, 6.45) is 4.24. The van der Waals surface area contributed by atoms with Crippen LogP contribution < -0.4 is 5.32 Å². The number of hydrogen-bond donors (Lipinski definition) is 3. The Balaban J connectivity index is 1.48. The van der Waals surface area contributed by atoms with Crippen LogP contribution in [0.3, 0.4) is 0 Å². The van der Waals surface area contributed by atoms with E-state index < -0.39 is 11.4 Å². The first-order chi connectivity index (χ1) is 14.5. The topological polar surface area (TPSA) is 117 Å². The number of benzene rings is 1. The van der Waals surface area contributed by atoms with E-state index in [0.717, 1.165) is 0 Å². The van der Waals surface area contributed by atoms with Gasteiger partial charge in [-0.2, -0.15) is 0 Å². The molecule has 0 atom stereocenters. The maximum absolute atomic E-state index is 11.5. The van der Waals surface area contributed by atoms with Crippen molar-refractivity contribution in [2.75, 3.05) is 5.32 Å². The minimum atomic E-state index is -0.815. The number of H-pyrrole nitrogens is 1. The molecule has 0 unspecified atom stereocenters. The van der Waals surface area contributed by atoms with Crippen molar-refractivity contribution in [3.05, 3.63) is 58.5 Å². The monoisotopic (exact) mass is 440 g/mol. The maximum Gasteiger partial charge on any atom is 0.314 e. The lowest BCUT2D eigenvalue weighted by atomic mass is 9.98. The molecule has 1 aromatic carbocycles. The van der Waals surface area contributed by atoms with Crippen LogP contribution in [-0.2, 0) is 10.2 Å². The van der Waals surface area contributed by atoms with E-state index in [4.69, 9.17) is 23.2 Å². The van der Waals surface area contributed by atoms with Gasteiger partial charge in [-0.3, -0.25) is 4.79 Å². The van der Waals surface area contributed by atoms with Crippen molar-refractivity contribution in [3.8, 4) is 11.4 Å². The number of imidazole rings is 1. The number of fused-ring (bicyclic) bond motifs is 1. The Hall–Kier alpha value is -3.23. The second-order valence-electron chi connectivity index (χ2n) is 7.05. The number of halogens is 2. The van der Waals surface area contributed by atoms with Gasteiger partial charge in [0.05, 0.1) is 21.0 Å². The molecule has 0 saturated heterocycles. The van der Waals surface area contributed by atoms with Gasteiger partial charge in [-0.05, 0) is 36.6 Å². The van der Waals surface area contributed by atoms with Crippen LogP contribution in [0.2, 0.25) is 10.0 Å². The van der Waals surface area contributed by atoms with Gasteiger partial charge < -0.3 is 15.4 Å². The first kappa shape index (κ1) is 18.8. The Kier molecular flexibility index (Phi) is 4.34. The molecule has 0 amide bonds. The highest BCUT2D eigenvalue weighted by molar-refractivity contribution is 6.39. The zero-order valence-corrected chi connectivity index (χ0v) is 16.9. The average molecular weight is 441 g/mol. The standard InChI is InChI=1S/C20H14Cl2N6O2/c21-11-2-1-3-12(22)14(11)16-27-15-17(24-9-25-18(15)28-16)26-13-5-4-10(8-23-13)20(6-7-20)19(29)30/h1-5,8-9H,6-7H2,(H,29,30)(H2,23,24,25,26,27,28). The van der Waals surface area contributed by atoms with E-state index in [1.165, 1.54) is 6.33 Å². The average Bonchev–Trinajstić information content (AvgIpc) is 3.43. The van der Waals surface area contributed by atoms with Gasteiger partial charge in [-0.1, -0.05) is 35.3 Å². The van der Waals surface area contributed by atoms with Crippen LogP contribution in [0, 0.1) is 0 Å². The molecule has 1 saturated carbocycles. The number of aromatic amines is 1. The highest BCUT2D eigenvalue weighted by Crippen LogP contribution is 2.48. The lowest BCUT2D eigenvalue weighted by molar-refractivity contribution is -0.140. The summed E-state index contributed by atoms with van der Waals surface area (Å²) in [4.78, 5) is 32.0. The van der Waals surface area contributed by atoms with E-state index in [0.29, 0.717) is 62.6 Å². The molecule has 1 fully saturated rings. The van der Waals surface area contributed by atoms with Gasteiger partial charge >= 0.3 is 5.97 Å². The fourth-order valence-corrected chi connectivity index (χ4v) is 3.96. The van der Waals surface area contributed by atoms with Crippen LogP contribution in [0.4, 0.5) is 11.6 Å². The smallest absolute Gasteiger partial charge is 0.314 e. The number of aromatic nitrogens is 5. The molecule has 1 aliphatic rings. The Morgan fingerprint density at radius 3 is 2.50 bits per heavy atom. The number of carboxylic acids is 1. The number of nitrogens with one attached hydrogen (secondary N) is 2. The zero-order valence-electron chi connectivity index (χ0n) is 15.4. The Bertz CT molecular complexity index is 1260. The van der Waals surface area contributed by atoms with Crippen molar-refractivity contribution in [2.45, 2.75) is 18.3 Å². The number of carbonyl (C=O) groups is 1. The van der Waals surface area contributed by atoms with Crippen molar-refractivity contribution >= 4 is 52.0 Å². The Labute approximate surface area is 180 Å². The van der Waals surface area contributed by atoms with Crippen LogP contribution in [0.1, 0.15) is 18.4 Å². The van der Waals surface area contributed by atoms with E-state index in [9.17, 15) is 9.90 Å². The first-order valence-electron chi connectivity index (χ1n) is 9.10.